The van der Waals surface area contributed by atoms with E-state index in [0.29, 0.717) is 0 Å². The summed E-state index contributed by atoms with van der Waals surface area (Å²) in [7, 11) is -1.96. The van der Waals surface area contributed by atoms with Crippen LogP contribution in [0.15, 0.2) is 24.5 Å². The molecular formula is C11H18ClNOSi. The van der Waals surface area contributed by atoms with Gasteiger partial charge >= 0.3 is 0 Å². The zero-order chi connectivity index (χ0) is 11.1. The van der Waals surface area contributed by atoms with Crippen molar-refractivity contribution in [2.45, 2.75) is 32.4 Å². The average molecular weight is 244 g/mol. The molecule has 0 radical (unpaired) electrons. The fraction of sp³-hybridized carbons (Fsp3) is 0.545. The van der Waals surface area contributed by atoms with Gasteiger partial charge in [-0.15, -0.1) is 11.1 Å². The Morgan fingerprint density at radius 2 is 2.07 bits per heavy atom. The van der Waals surface area contributed by atoms with E-state index in [1.54, 1.807) is 0 Å². The van der Waals surface area contributed by atoms with Gasteiger partial charge in [-0.05, 0) is 43.1 Å². The van der Waals surface area contributed by atoms with Crippen LogP contribution in [0.25, 0.3) is 0 Å². The summed E-state index contributed by atoms with van der Waals surface area (Å²) in [5.74, 6) is 0. The summed E-state index contributed by atoms with van der Waals surface area (Å²) in [5.41, 5.74) is 1.28. The normalized spacial score (nSPS) is 14.9. The highest BCUT2D eigenvalue weighted by Gasteiger charge is 2.25. The van der Waals surface area contributed by atoms with Crippen LogP contribution in [0.3, 0.4) is 0 Å². The molecule has 0 N–H and O–H groups in total. The third-order valence-electron chi connectivity index (χ3n) is 2.22. The molecule has 0 aromatic carbocycles. The van der Waals surface area contributed by atoms with Crippen molar-refractivity contribution < 1.29 is 4.43 Å². The lowest BCUT2D eigenvalue weighted by atomic mass is 10.2. The van der Waals surface area contributed by atoms with Gasteiger partial charge in [0, 0.05) is 19.0 Å². The summed E-state index contributed by atoms with van der Waals surface area (Å²) in [6.07, 6.45) is 5.65. The molecule has 0 aliphatic heterocycles. The van der Waals surface area contributed by atoms with Crippen molar-refractivity contribution in [2.24, 2.45) is 0 Å². The van der Waals surface area contributed by atoms with Crippen LogP contribution in [-0.2, 0) is 10.8 Å². The molecule has 0 saturated carbocycles. The van der Waals surface area contributed by atoms with E-state index in [-0.39, 0.29) is 0 Å². The molecule has 15 heavy (non-hydrogen) atoms. The van der Waals surface area contributed by atoms with E-state index in [0.717, 1.165) is 25.5 Å². The molecule has 0 saturated heterocycles. The van der Waals surface area contributed by atoms with Crippen molar-refractivity contribution in [3.05, 3.63) is 30.1 Å². The molecule has 84 valence electrons. The molecule has 1 rings (SSSR count). The van der Waals surface area contributed by atoms with Crippen molar-refractivity contribution >= 4 is 18.7 Å². The summed E-state index contributed by atoms with van der Waals surface area (Å²) in [6.45, 7) is 4.94. The minimum Gasteiger partial charge on any atom is -0.403 e. The van der Waals surface area contributed by atoms with Gasteiger partial charge < -0.3 is 4.43 Å². The third kappa shape index (κ3) is 5.30. The SMILES string of the molecule is CCCO[Si](C)(Cl)CCc1ccncc1. The molecule has 1 aromatic rings. The van der Waals surface area contributed by atoms with E-state index in [1.807, 2.05) is 24.5 Å². The van der Waals surface area contributed by atoms with Crippen molar-refractivity contribution in [1.82, 2.24) is 4.98 Å². The van der Waals surface area contributed by atoms with Crippen LogP contribution in [0, 0.1) is 0 Å². The second-order valence-corrected chi connectivity index (χ2v) is 9.20. The van der Waals surface area contributed by atoms with Gasteiger partial charge in [0.15, 0.2) is 0 Å². The van der Waals surface area contributed by atoms with E-state index in [9.17, 15) is 0 Å². The van der Waals surface area contributed by atoms with Gasteiger partial charge in [-0.25, -0.2) is 0 Å². The molecule has 1 aromatic heterocycles. The lowest BCUT2D eigenvalue weighted by Gasteiger charge is -2.19. The summed E-state index contributed by atoms with van der Waals surface area (Å²) < 4.78 is 5.69. The molecule has 1 unspecified atom stereocenters. The fourth-order valence-corrected chi connectivity index (χ4v) is 3.33. The summed E-state index contributed by atoms with van der Waals surface area (Å²) >= 11 is 6.37. The van der Waals surface area contributed by atoms with Crippen LogP contribution in [0.2, 0.25) is 12.6 Å². The number of hydrogen-bond donors (Lipinski definition) is 0. The van der Waals surface area contributed by atoms with E-state index in [2.05, 4.69) is 18.5 Å². The van der Waals surface area contributed by atoms with Crippen molar-refractivity contribution in [3.8, 4) is 0 Å². The summed E-state index contributed by atoms with van der Waals surface area (Å²) in [4.78, 5) is 3.99. The Bertz CT molecular complexity index is 279. The minimum atomic E-state index is -1.96. The Hall–Kier alpha value is -0.383. The lowest BCUT2D eigenvalue weighted by molar-refractivity contribution is 0.315. The first-order valence-electron chi connectivity index (χ1n) is 5.36. The van der Waals surface area contributed by atoms with Crippen molar-refractivity contribution in [2.75, 3.05) is 6.61 Å². The van der Waals surface area contributed by atoms with Gasteiger partial charge in [-0.2, -0.15) is 0 Å². The minimum absolute atomic E-state index is 0.780. The molecule has 0 amide bonds. The molecule has 2 nitrogen and oxygen atoms in total. The Morgan fingerprint density at radius 1 is 1.40 bits per heavy atom. The molecule has 0 aliphatic carbocycles. The molecule has 0 spiro atoms. The second kappa shape index (κ2) is 6.25. The molecule has 0 fully saturated rings. The number of pyridine rings is 1. The first kappa shape index (κ1) is 12.7. The Balaban J connectivity index is 2.35. The van der Waals surface area contributed by atoms with Crippen LogP contribution in [0.5, 0.6) is 0 Å². The number of halogens is 1. The number of aryl methyl sites for hydroxylation is 1. The van der Waals surface area contributed by atoms with Gasteiger partial charge in [0.2, 0.25) is 0 Å². The van der Waals surface area contributed by atoms with Crippen LogP contribution in [0.4, 0.5) is 0 Å². The monoisotopic (exact) mass is 243 g/mol. The van der Waals surface area contributed by atoms with E-state index >= 15 is 0 Å². The zero-order valence-corrected chi connectivity index (χ0v) is 11.1. The second-order valence-electron chi connectivity index (χ2n) is 3.81. The maximum absolute atomic E-state index is 6.37. The molecule has 4 heteroatoms. The predicted octanol–water partition coefficient (Wildman–Crippen LogP) is 3.36. The number of nitrogens with zero attached hydrogens (tertiary/aromatic N) is 1. The third-order valence-corrected chi connectivity index (χ3v) is 5.06. The largest absolute Gasteiger partial charge is 0.403 e. The Labute approximate surface area is 97.5 Å². The van der Waals surface area contributed by atoms with Crippen LogP contribution in [0.1, 0.15) is 18.9 Å². The van der Waals surface area contributed by atoms with Crippen LogP contribution >= 0.6 is 11.1 Å². The quantitative estimate of drug-likeness (QED) is 0.565. The van der Waals surface area contributed by atoms with Gasteiger partial charge in [0.1, 0.15) is 0 Å². The smallest absolute Gasteiger partial charge is 0.287 e. The van der Waals surface area contributed by atoms with Gasteiger partial charge in [0.05, 0.1) is 0 Å². The summed E-state index contributed by atoms with van der Waals surface area (Å²) in [6, 6.07) is 5.01. The average Bonchev–Trinajstić information content (AvgIpc) is 2.25. The van der Waals surface area contributed by atoms with E-state index in [4.69, 9.17) is 15.5 Å². The molecule has 1 heterocycles. The Morgan fingerprint density at radius 3 is 2.67 bits per heavy atom. The maximum atomic E-state index is 6.37. The number of rotatable bonds is 6. The number of aromatic nitrogens is 1. The van der Waals surface area contributed by atoms with Gasteiger partial charge in [-0.3, -0.25) is 4.98 Å². The van der Waals surface area contributed by atoms with Crippen LogP contribution < -0.4 is 0 Å². The Kier molecular flexibility index (Phi) is 5.29. The van der Waals surface area contributed by atoms with E-state index in [1.165, 1.54) is 5.56 Å². The predicted molar refractivity (Wildman–Crippen MR) is 66.5 cm³/mol. The van der Waals surface area contributed by atoms with Crippen molar-refractivity contribution in [1.29, 1.82) is 0 Å². The highest BCUT2D eigenvalue weighted by Crippen LogP contribution is 2.19. The van der Waals surface area contributed by atoms with Gasteiger partial charge in [0.25, 0.3) is 7.63 Å². The fourth-order valence-electron chi connectivity index (χ4n) is 1.30. The highest BCUT2D eigenvalue weighted by atomic mass is 35.6. The van der Waals surface area contributed by atoms with Crippen molar-refractivity contribution in [3.63, 3.8) is 0 Å². The standard InChI is InChI=1S/C11H18ClNOSi/c1-3-9-14-15(2,12)10-6-11-4-7-13-8-5-11/h4-5,7-8H,3,6,9-10H2,1-2H3. The maximum Gasteiger partial charge on any atom is 0.287 e. The molecule has 0 bridgehead atoms. The molecular weight excluding hydrogens is 226 g/mol. The number of hydrogen-bond acceptors (Lipinski definition) is 2. The molecule has 1 atom stereocenters. The van der Waals surface area contributed by atoms with Gasteiger partial charge in [-0.1, -0.05) is 6.92 Å². The molecule has 0 aliphatic rings. The first-order chi connectivity index (χ1) is 7.14. The zero-order valence-electron chi connectivity index (χ0n) is 9.37. The van der Waals surface area contributed by atoms with Crippen LogP contribution in [-0.4, -0.2) is 19.2 Å². The van der Waals surface area contributed by atoms with E-state index < -0.39 is 7.63 Å². The first-order valence-corrected chi connectivity index (χ1v) is 8.98. The highest BCUT2D eigenvalue weighted by molar-refractivity contribution is 7.16. The summed E-state index contributed by atoms with van der Waals surface area (Å²) in [5, 5.41) is 0. The topological polar surface area (TPSA) is 22.1 Å². The lowest BCUT2D eigenvalue weighted by Crippen LogP contribution is -2.28.